The summed E-state index contributed by atoms with van der Waals surface area (Å²) in [6.07, 6.45) is 7.52. The zero-order valence-corrected chi connectivity index (χ0v) is 17.9. The smallest absolute Gasteiger partial charge is 0.331 e. The second-order valence-corrected chi connectivity index (χ2v) is 7.80. The molecule has 4 rings (SSSR count). The maximum Gasteiger partial charge on any atom is 0.331 e. The summed E-state index contributed by atoms with van der Waals surface area (Å²) >= 11 is 0. The molecule has 0 saturated heterocycles. The number of benzene rings is 2. The first-order chi connectivity index (χ1) is 15.5. The van der Waals surface area contributed by atoms with E-state index in [2.05, 4.69) is 11.9 Å². The molecule has 0 aliphatic rings. The molecule has 2 heterocycles. The van der Waals surface area contributed by atoms with E-state index in [1.54, 1.807) is 16.7 Å². The molecule has 0 bridgehead atoms. The number of aliphatic carboxylic acids is 1. The van der Waals surface area contributed by atoms with E-state index in [1.165, 1.54) is 0 Å². The number of para-hydroxylation sites is 1. The molecular formula is C25H25N3O4. The number of fused-ring (bicyclic) bond motifs is 2. The van der Waals surface area contributed by atoms with Crippen LogP contribution < -0.4 is 11.2 Å². The number of aromatic nitrogens is 3. The van der Waals surface area contributed by atoms with Gasteiger partial charge in [0.15, 0.2) is 0 Å². The number of carboxylic acids is 1. The monoisotopic (exact) mass is 431 g/mol. The van der Waals surface area contributed by atoms with Crippen LogP contribution in [0.3, 0.4) is 0 Å². The zero-order chi connectivity index (χ0) is 22.7. The topological polar surface area (TPSA) is 97.1 Å². The first-order valence-corrected chi connectivity index (χ1v) is 10.7. The van der Waals surface area contributed by atoms with Gasteiger partial charge in [-0.05, 0) is 35.7 Å². The van der Waals surface area contributed by atoms with Crippen molar-refractivity contribution < 1.29 is 9.90 Å². The fraction of sp³-hybridized carbons (Fsp3) is 0.240. The van der Waals surface area contributed by atoms with Gasteiger partial charge >= 0.3 is 11.7 Å². The Kier molecular flexibility index (Phi) is 6.07. The summed E-state index contributed by atoms with van der Waals surface area (Å²) in [5, 5.41) is 10.5. The van der Waals surface area contributed by atoms with E-state index >= 15 is 0 Å². The summed E-state index contributed by atoms with van der Waals surface area (Å²) in [6, 6.07) is 13.3. The fourth-order valence-electron chi connectivity index (χ4n) is 3.92. The molecule has 0 aliphatic heterocycles. The van der Waals surface area contributed by atoms with Crippen LogP contribution >= 0.6 is 0 Å². The quantitative estimate of drug-likeness (QED) is 0.441. The summed E-state index contributed by atoms with van der Waals surface area (Å²) < 4.78 is 2.58. The van der Waals surface area contributed by atoms with Crippen molar-refractivity contribution in [2.75, 3.05) is 0 Å². The van der Waals surface area contributed by atoms with Crippen LogP contribution in [0.25, 0.3) is 27.9 Å². The Balaban J connectivity index is 1.90. The summed E-state index contributed by atoms with van der Waals surface area (Å²) in [5.41, 5.74) is 2.30. The molecule has 0 aliphatic carbocycles. The molecule has 164 valence electrons. The number of nitrogens with one attached hydrogen (secondary N) is 1. The van der Waals surface area contributed by atoms with Crippen molar-refractivity contribution in [3.8, 4) is 0 Å². The molecule has 0 fully saturated rings. The van der Waals surface area contributed by atoms with Crippen molar-refractivity contribution in [1.82, 2.24) is 14.1 Å². The second kappa shape index (κ2) is 9.09. The number of H-pyrrole nitrogens is 1. The van der Waals surface area contributed by atoms with Gasteiger partial charge < -0.3 is 10.1 Å². The third-order valence-electron chi connectivity index (χ3n) is 5.57. The molecule has 0 atom stereocenters. The van der Waals surface area contributed by atoms with Crippen molar-refractivity contribution in [3.05, 3.63) is 86.7 Å². The van der Waals surface area contributed by atoms with Crippen LogP contribution in [-0.2, 0) is 17.9 Å². The SMILES string of the molecule is CCC/C=C/c1ccc2c(c1)c(=O)n(CCC(=O)O)c(=O)n2Cc1c[nH]c2ccccc12. The molecule has 2 N–H and O–H groups in total. The largest absolute Gasteiger partial charge is 0.481 e. The van der Waals surface area contributed by atoms with Gasteiger partial charge in [0.2, 0.25) is 0 Å². The Hall–Kier alpha value is -3.87. The van der Waals surface area contributed by atoms with Crippen LogP contribution in [0.2, 0.25) is 0 Å². The summed E-state index contributed by atoms with van der Waals surface area (Å²) in [5.74, 6) is -1.06. The number of allylic oxidation sites excluding steroid dienone is 1. The van der Waals surface area contributed by atoms with E-state index in [9.17, 15) is 14.4 Å². The summed E-state index contributed by atoms with van der Waals surface area (Å²) in [7, 11) is 0. The molecule has 32 heavy (non-hydrogen) atoms. The number of hydrogen-bond donors (Lipinski definition) is 2. The molecule has 0 spiro atoms. The minimum Gasteiger partial charge on any atom is -0.481 e. The average Bonchev–Trinajstić information content (AvgIpc) is 3.19. The van der Waals surface area contributed by atoms with Crippen LogP contribution in [0, 0.1) is 0 Å². The van der Waals surface area contributed by atoms with Crippen molar-refractivity contribution in [2.24, 2.45) is 0 Å². The molecule has 0 radical (unpaired) electrons. The standard InChI is InChI=1S/C25H25N3O4/c1-2-3-4-7-17-10-11-22-20(14-17)24(31)27(13-12-23(29)30)25(32)28(22)16-18-15-26-21-9-6-5-8-19(18)21/h4-11,14-15,26H,2-3,12-13,16H2,1H3,(H,29,30)/b7-4+. The van der Waals surface area contributed by atoms with Gasteiger partial charge in [0.1, 0.15) is 0 Å². The van der Waals surface area contributed by atoms with Gasteiger partial charge in [0, 0.05) is 23.6 Å². The molecule has 2 aromatic carbocycles. The Morgan fingerprint density at radius 2 is 1.91 bits per heavy atom. The lowest BCUT2D eigenvalue weighted by atomic mass is 10.1. The first kappa shape index (κ1) is 21.4. The molecule has 7 nitrogen and oxygen atoms in total. The van der Waals surface area contributed by atoms with Crippen LogP contribution in [0.5, 0.6) is 0 Å². The highest BCUT2D eigenvalue weighted by Crippen LogP contribution is 2.20. The first-order valence-electron chi connectivity index (χ1n) is 10.7. The number of unbranched alkanes of at least 4 members (excludes halogenated alkanes) is 1. The number of hydrogen-bond acceptors (Lipinski definition) is 3. The molecule has 4 aromatic rings. The number of carbonyl (C=O) groups is 1. The molecule has 2 aromatic heterocycles. The van der Waals surface area contributed by atoms with Crippen molar-refractivity contribution in [3.63, 3.8) is 0 Å². The molecule has 0 saturated carbocycles. The Morgan fingerprint density at radius 1 is 1.09 bits per heavy atom. The minimum absolute atomic E-state index is 0.174. The van der Waals surface area contributed by atoms with Crippen LogP contribution in [0.15, 0.2) is 64.3 Å². The van der Waals surface area contributed by atoms with Crippen molar-refractivity contribution in [2.45, 2.75) is 39.3 Å². The lowest BCUT2D eigenvalue weighted by Crippen LogP contribution is -2.40. The van der Waals surface area contributed by atoms with Crippen LogP contribution in [-0.4, -0.2) is 25.2 Å². The number of nitrogens with zero attached hydrogens (tertiary/aromatic N) is 2. The van der Waals surface area contributed by atoms with E-state index < -0.39 is 17.2 Å². The van der Waals surface area contributed by atoms with E-state index in [4.69, 9.17) is 5.11 Å². The molecule has 0 amide bonds. The Labute approximate surface area is 184 Å². The van der Waals surface area contributed by atoms with E-state index in [0.717, 1.165) is 39.4 Å². The Morgan fingerprint density at radius 3 is 2.69 bits per heavy atom. The Bertz CT molecular complexity index is 1440. The van der Waals surface area contributed by atoms with Gasteiger partial charge in [0.05, 0.1) is 23.9 Å². The highest BCUT2D eigenvalue weighted by atomic mass is 16.4. The fourth-order valence-corrected chi connectivity index (χ4v) is 3.92. The number of aromatic amines is 1. The third-order valence-corrected chi connectivity index (χ3v) is 5.57. The normalized spacial score (nSPS) is 11.7. The van der Waals surface area contributed by atoms with Gasteiger partial charge in [-0.25, -0.2) is 4.79 Å². The lowest BCUT2D eigenvalue weighted by Gasteiger charge is -2.14. The lowest BCUT2D eigenvalue weighted by molar-refractivity contribution is -0.137. The van der Waals surface area contributed by atoms with E-state index in [0.29, 0.717) is 10.9 Å². The summed E-state index contributed by atoms with van der Waals surface area (Å²) in [4.78, 5) is 40.7. The van der Waals surface area contributed by atoms with Gasteiger partial charge in [0.25, 0.3) is 5.56 Å². The van der Waals surface area contributed by atoms with Crippen molar-refractivity contribution >= 4 is 33.9 Å². The van der Waals surface area contributed by atoms with Crippen molar-refractivity contribution in [1.29, 1.82) is 0 Å². The second-order valence-electron chi connectivity index (χ2n) is 7.80. The highest BCUT2D eigenvalue weighted by Gasteiger charge is 2.16. The minimum atomic E-state index is -1.06. The average molecular weight is 431 g/mol. The maximum absolute atomic E-state index is 13.3. The van der Waals surface area contributed by atoms with Gasteiger partial charge in [-0.15, -0.1) is 0 Å². The van der Waals surface area contributed by atoms with E-state index in [-0.39, 0.29) is 19.5 Å². The number of carboxylic acid groups (broad SMARTS) is 1. The predicted octanol–water partition coefficient (Wildman–Crippen LogP) is 3.98. The predicted molar refractivity (Wildman–Crippen MR) is 126 cm³/mol. The molecule has 7 heteroatoms. The molecular weight excluding hydrogens is 406 g/mol. The number of rotatable bonds is 8. The van der Waals surface area contributed by atoms with Gasteiger partial charge in [-0.3, -0.25) is 18.7 Å². The zero-order valence-electron chi connectivity index (χ0n) is 17.9. The highest BCUT2D eigenvalue weighted by molar-refractivity contribution is 5.84. The molecule has 0 unspecified atom stereocenters. The van der Waals surface area contributed by atoms with Crippen LogP contribution in [0.1, 0.15) is 37.3 Å². The van der Waals surface area contributed by atoms with Gasteiger partial charge in [-0.2, -0.15) is 0 Å². The summed E-state index contributed by atoms with van der Waals surface area (Å²) in [6.45, 7) is 2.18. The third kappa shape index (κ3) is 4.14. The van der Waals surface area contributed by atoms with Gasteiger partial charge in [-0.1, -0.05) is 49.8 Å². The maximum atomic E-state index is 13.3. The van der Waals surface area contributed by atoms with Crippen LogP contribution in [0.4, 0.5) is 0 Å². The van der Waals surface area contributed by atoms with E-state index in [1.807, 2.05) is 48.7 Å².